The normalized spacial score (nSPS) is 11.9. The molecule has 0 unspecified atom stereocenters. The molecule has 0 spiro atoms. The van der Waals surface area contributed by atoms with Gasteiger partial charge in [-0.05, 0) is 73.7 Å². The summed E-state index contributed by atoms with van der Waals surface area (Å²) in [5.41, 5.74) is 1.95. The SMILES string of the molecule is Cc1cc(CC(=NO)C(=O)NCCSSCCNC(=O)C(Cc2ccc(O)c(Br)c2)=NO)cc(Br)c1O. The van der Waals surface area contributed by atoms with Gasteiger partial charge in [0.1, 0.15) is 22.9 Å². The number of nitrogens with zero attached hydrogens (tertiary/aromatic N) is 2. The number of rotatable bonds is 13. The lowest BCUT2D eigenvalue weighted by Gasteiger charge is -2.09. The van der Waals surface area contributed by atoms with Gasteiger partial charge >= 0.3 is 0 Å². The summed E-state index contributed by atoms with van der Waals surface area (Å²) in [6.45, 7) is 2.43. The van der Waals surface area contributed by atoms with Gasteiger partial charge in [-0.3, -0.25) is 9.59 Å². The Labute approximate surface area is 238 Å². The Hall–Kier alpha value is -2.42. The molecule has 2 aromatic carbocycles. The quantitative estimate of drug-likeness (QED) is 0.0609. The number of halogens is 2. The standard InChI is InChI=1S/C23H26Br2N4O6S2/c1-13-8-15(10-17(25)21(13)31)12-19(29-35)23(33)27-5-7-37-36-6-4-26-22(32)18(28-34)11-14-2-3-20(30)16(24)9-14/h2-3,8-10,30-31,34-35H,4-7,11-12H2,1H3,(H,26,32)(H,27,33). The van der Waals surface area contributed by atoms with E-state index in [1.165, 1.54) is 27.7 Å². The van der Waals surface area contributed by atoms with Crippen LogP contribution in [0.25, 0.3) is 0 Å². The van der Waals surface area contributed by atoms with Crippen LogP contribution in [0.3, 0.4) is 0 Å². The first-order valence-corrected chi connectivity index (χ1v) is 14.9. The van der Waals surface area contributed by atoms with Crippen LogP contribution in [-0.2, 0) is 22.4 Å². The van der Waals surface area contributed by atoms with Gasteiger partial charge in [-0.1, -0.05) is 44.0 Å². The molecule has 37 heavy (non-hydrogen) atoms. The third-order valence-electron chi connectivity index (χ3n) is 4.86. The van der Waals surface area contributed by atoms with E-state index >= 15 is 0 Å². The summed E-state index contributed by atoms with van der Waals surface area (Å²) < 4.78 is 0.975. The molecule has 10 nitrogen and oxygen atoms in total. The zero-order valence-corrected chi connectivity index (χ0v) is 24.5. The van der Waals surface area contributed by atoms with Crippen molar-refractivity contribution < 1.29 is 30.2 Å². The molecule has 2 aromatic rings. The van der Waals surface area contributed by atoms with Crippen molar-refractivity contribution in [2.45, 2.75) is 19.8 Å². The number of carbonyl (C=O) groups excluding carboxylic acids is 2. The summed E-state index contributed by atoms with van der Waals surface area (Å²) in [5.74, 6) is 0.395. The Morgan fingerprint density at radius 3 is 1.84 bits per heavy atom. The number of carbonyl (C=O) groups is 2. The molecule has 0 fully saturated rings. The van der Waals surface area contributed by atoms with Crippen LogP contribution in [0.1, 0.15) is 16.7 Å². The van der Waals surface area contributed by atoms with Gasteiger partial charge in [-0.25, -0.2) is 0 Å². The lowest BCUT2D eigenvalue weighted by atomic mass is 10.0. The molecule has 0 bridgehead atoms. The van der Waals surface area contributed by atoms with Crippen LogP contribution >= 0.6 is 53.4 Å². The van der Waals surface area contributed by atoms with Crippen molar-refractivity contribution in [1.29, 1.82) is 0 Å². The van der Waals surface area contributed by atoms with Crippen LogP contribution in [0.15, 0.2) is 49.6 Å². The highest BCUT2D eigenvalue weighted by atomic mass is 79.9. The maximum Gasteiger partial charge on any atom is 0.269 e. The van der Waals surface area contributed by atoms with E-state index in [1.807, 2.05) is 0 Å². The lowest BCUT2D eigenvalue weighted by molar-refractivity contribution is -0.115. The van der Waals surface area contributed by atoms with Crippen molar-refractivity contribution in [3.63, 3.8) is 0 Å². The second-order valence-electron chi connectivity index (χ2n) is 7.63. The minimum Gasteiger partial charge on any atom is -0.507 e. The van der Waals surface area contributed by atoms with Gasteiger partial charge in [0.2, 0.25) is 0 Å². The first kappa shape index (κ1) is 30.8. The molecule has 0 aliphatic heterocycles. The van der Waals surface area contributed by atoms with Crippen LogP contribution in [-0.4, -0.2) is 68.5 Å². The van der Waals surface area contributed by atoms with Gasteiger partial charge in [0.15, 0.2) is 0 Å². The molecule has 0 saturated heterocycles. The maximum atomic E-state index is 12.3. The highest BCUT2D eigenvalue weighted by Gasteiger charge is 2.15. The summed E-state index contributed by atoms with van der Waals surface area (Å²) >= 11 is 6.46. The number of oxime groups is 2. The minimum absolute atomic E-state index is 0.0432. The Bertz CT molecular complexity index is 1160. The van der Waals surface area contributed by atoms with E-state index < -0.39 is 11.8 Å². The number of phenols is 2. The fraction of sp³-hybridized carbons (Fsp3) is 0.304. The van der Waals surface area contributed by atoms with E-state index in [0.29, 0.717) is 50.2 Å². The average Bonchev–Trinajstić information content (AvgIpc) is 2.87. The maximum absolute atomic E-state index is 12.3. The number of nitrogens with one attached hydrogen (secondary N) is 2. The van der Waals surface area contributed by atoms with Gasteiger partial charge in [-0.2, -0.15) is 0 Å². The number of amides is 2. The molecular formula is C23H26Br2N4O6S2. The fourth-order valence-corrected chi connectivity index (χ4v) is 5.86. The Morgan fingerprint density at radius 1 is 0.838 bits per heavy atom. The van der Waals surface area contributed by atoms with Crippen molar-refractivity contribution in [3.05, 3.63) is 56.0 Å². The third kappa shape index (κ3) is 10.1. The molecule has 0 aliphatic rings. The first-order chi connectivity index (χ1) is 17.7. The van der Waals surface area contributed by atoms with Crippen LogP contribution in [0, 0.1) is 6.92 Å². The number of hydrogen-bond donors (Lipinski definition) is 6. The van der Waals surface area contributed by atoms with Crippen molar-refractivity contribution >= 4 is 76.7 Å². The monoisotopic (exact) mass is 676 g/mol. The fourth-order valence-electron chi connectivity index (χ4n) is 3.01. The third-order valence-corrected chi connectivity index (χ3v) is 8.51. The van der Waals surface area contributed by atoms with Crippen molar-refractivity contribution in [1.82, 2.24) is 10.6 Å². The van der Waals surface area contributed by atoms with E-state index in [4.69, 9.17) is 0 Å². The summed E-state index contributed by atoms with van der Waals surface area (Å²) in [6, 6.07) is 8.13. The van der Waals surface area contributed by atoms with Gasteiger partial charge in [-0.15, -0.1) is 0 Å². The molecule has 0 aliphatic carbocycles. The van der Waals surface area contributed by atoms with E-state index in [9.17, 15) is 30.2 Å². The summed E-state index contributed by atoms with van der Waals surface area (Å²) in [4.78, 5) is 24.6. The molecule has 200 valence electrons. The number of benzene rings is 2. The van der Waals surface area contributed by atoms with E-state index in [2.05, 4.69) is 52.8 Å². The van der Waals surface area contributed by atoms with E-state index in [0.717, 1.165) is 0 Å². The molecular weight excluding hydrogens is 652 g/mol. The molecule has 0 radical (unpaired) electrons. The van der Waals surface area contributed by atoms with Crippen molar-refractivity contribution in [2.24, 2.45) is 10.3 Å². The Morgan fingerprint density at radius 2 is 1.35 bits per heavy atom. The number of hydrogen-bond acceptors (Lipinski definition) is 10. The topological polar surface area (TPSA) is 164 Å². The van der Waals surface area contributed by atoms with Crippen LogP contribution in [0.4, 0.5) is 0 Å². The van der Waals surface area contributed by atoms with Gasteiger partial charge in [0.05, 0.1) is 8.95 Å². The number of phenolic OH excluding ortho intramolecular Hbond substituents is 2. The minimum atomic E-state index is -0.490. The van der Waals surface area contributed by atoms with Crippen molar-refractivity contribution in [3.8, 4) is 11.5 Å². The molecule has 0 heterocycles. The largest absolute Gasteiger partial charge is 0.507 e. The number of aryl methyl sites for hydroxylation is 1. The Balaban J connectivity index is 1.64. The second-order valence-corrected chi connectivity index (χ2v) is 12.0. The molecule has 14 heteroatoms. The molecule has 2 rings (SSSR count). The summed E-state index contributed by atoms with van der Waals surface area (Å²) in [5, 5.41) is 49.4. The van der Waals surface area contributed by atoms with Crippen molar-refractivity contribution in [2.75, 3.05) is 24.6 Å². The molecule has 0 aromatic heterocycles. The smallest absolute Gasteiger partial charge is 0.269 e. The molecule has 0 atom stereocenters. The summed E-state index contributed by atoms with van der Waals surface area (Å²) in [7, 11) is 3.00. The van der Waals surface area contributed by atoms with Gasteiger partial charge in [0.25, 0.3) is 11.8 Å². The zero-order chi connectivity index (χ0) is 27.4. The second kappa shape index (κ2) is 15.7. The average molecular weight is 678 g/mol. The first-order valence-electron chi connectivity index (χ1n) is 10.8. The molecule has 6 N–H and O–H groups in total. The van der Waals surface area contributed by atoms with E-state index in [-0.39, 0.29) is 35.8 Å². The van der Waals surface area contributed by atoms with Gasteiger partial charge < -0.3 is 31.3 Å². The Kier molecular flexibility index (Phi) is 13.1. The lowest BCUT2D eigenvalue weighted by Crippen LogP contribution is -2.34. The zero-order valence-electron chi connectivity index (χ0n) is 19.7. The molecule has 2 amide bonds. The molecule has 0 saturated carbocycles. The van der Waals surface area contributed by atoms with Gasteiger partial charge in [0, 0.05) is 37.4 Å². The number of aromatic hydroxyl groups is 2. The predicted molar refractivity (Wildman–Crippen MR) is 153 cm³/mol. The van der Waals surface area contributed by atoms with Crippen LogP contribution in [0.2, 0.25) is 0 Å². The highest BCUT2D eigenvalue weighted by Crippen LogP contribution is 2.29. The van der Waals surface area contributed by atoms with Crippen LogP contribution < -0.4 is 10.6 Å². The summed E-state index contributed by atoms with van der Waals surface area (Å²) in [6.07, 6.45) is 0.207. The van der Waals surface area contributed by atoms with Crippen LogP contribution in [0.5, 0.6) is 11.5 Å². The predicted octanol–water partition coefficient (Wildman–Crippen LogP) is 3.99. The highest BCUT2D eigenvalue weighted by molar-refractivity contribution is 9.11. The van der Waals surface area contributed by atoms with E-state index in [1.54, 1.807) is 31.2 Å².